The second-order valence-corrected chi connectivity index (χ2v) is 8.69. The van der Waals surface area contributed by atoms with Gasteiger partial charge in [-0.25, -0.2) is 13.2 Å². The standard InChI is InChI=1S/C31H29F3O/c1-3-5-6-22-11-18-29(28(32)19-22)35-20-23-9-14-25(15-10-23)27-17-16-26(30(33)31(27)34)24-12-7-21(4-2)8-13-24/h7-19H,3-6,20H2,1-2H3. The predicted molar refractivity (Wildman–Crippen MR) is 136 cm³/mol. The van der Waals surface area contributed by atoms with Crippen LogP contribution in [-0.2, 0) is 19.4 Å². The molecular weight excluding hydrogens is 445 g/mol. The molecule has 4 rings (SSSR count). The fourth-order valence-electron chi connectivity index (χ4n) is 4.05. The summed E-state index contributed by atoms with van der Waals surface area (Å²) in [7, 11) is 0. The zero-order valence-corrected chi connectivity index (χ0v) is 20.1. The molecule has 0 aliphatic heterocycles. The highest BCUT2D eigenvalue weighted by molar-refractivity contribution is 5.72. The number of unbranched alkanes of at least 4 members (excludes halogenated alkanes) is 1. The van der Waals surface area contributed by atoms with Crippen molar-refractivity contribution in [3.8, 4) is 28.0 Å². The van der Waals surface area contributed by atoms with E-state index in [1.54, 1.807) is 42.5 Å². The van der Waals surface area contributed by atoms with Crippen molar-refractivity contribution in [1.29, 1.82) is 0 Å². The van der Waals surface area contributed by atoms with E-state index in [9.17, 15) is 13.2 Å². The van der Waals surface area contributed by atoms with Crippen molar-refractivity contribution < 1.29 is 17.9 Å². The van der Waals surface area contributed by atoms with E-state index in [2.05, 4.69) is 6.92 Å². The Balaban J connectivity index is 1.46. The molecule has 0 bridgehead atoms. The molecule has 0 spiro atoms. The Hall–Kier alpha value is -3.53. The van der Waals surface area contributed by atoms with Crippen molar-refractivity contribution in [3.05, 3.63) is 113 Å². The lowest BCUT2D eigenvalue weighted by Crippen LogP contribution is -1.99. The summed E-state index contributed by atoms with van der Waals surface area (Å²) in [5, 5.41) is 0. The fraction of sp³-hybridized carbons (Fsp3) is 0.226. The average molecular weight is 475 g/mol. The minimum atomic E-state index is -0.878. The smallest absolute Gasteiger partial charge is 0.167 e. The quantitative estimate of drug-likeness (QED) is 0.235. The molecule has 35 heavy (non-hydrogen) atoms. The maximum atomic E-state index is 15.0. The largest absolute Gasteiger partial charge is 0.486 e. The highest BCUT2D eigenvalue weighted by Crippen LogP contribution is 2.32. The van der Waals surface area contributed by atoms with E-state index in [0.717, 1.165) is 42.4 Å². The number of benzene rings is 4. The Labute approximate surface area is 205 Å². The first-order valence-electron chi connectivity index (χ1n) is 12.1. The zero-order chi connectivity index (χ0) is 24.8. The van der Waals surface area contributed by atoms with Crippen molar-refractivity contribution in [1.82, 2.24) is 0 Å². The molecule has 4 aromatic rings. The molecule has 0 atom stereocenters. The van der Waals surface area contributed by atoms with Gasteiger partial charge in [0, 0.05) is 11.1 Å². The molecule has 0 aliphatic carbocycles. The van der Waals surface area contributed by atoms with Crippen LogP contribution in [0.15, 0.2) is 78.9 Å². The summed E-state index contributed by atoms with van der Waals surface area (Å²) >= 11 is 0. The summed E-state index contributed by atoms with van der Waals surface area (Å²) in [6.07, 6.45) is 3.81. The normalized spacial score (nSPS) is 11.0. The van der Waals surface area contributed by atoms with Crippen LogP contribution in [0.25, 0.3) is 22.3 Å². The molecule has 1 nitrogen and oxygen atoms in total. The summed E-state index contributed by atoms with van der Waals surface area (Å²) in [6, 6.07) is 22.7. The van der Waals surface area contributed by atoms with Gasteiger partial charge in [0.25, 0.3) is 0 Å². The maximum absolute atomic E-state index is 15.0. The van der Waals surface area contributed by atoms with Gasteiger partial charge in [-0.15, -0.1) is 0 Å². The Bertz CT molecular complexity index is 1280. The minimum absolute atomic E-state index is 0.176. The fourth-order valence-corrected chi connectivity index (χ4v) is 4.05. The van der Waals surface area contributed by atoms with E-state index in [1.165, 1.54) is 6.07 Å². The van der Waals surface area contributed by atoms with E-state index < -0.39 is 11.6 Å². The predicted octanol–water partition coefficient (Wildman–Crippen LogP) is 8.92. The van der Waals surface area contributed by atoms with Crippen molar-refractivity contribution in [2.45, 2.75) is 46.1 Å². The zero-order valence-electron chi connectivity index (χ0n) is 20.1. The summed E-state index contributed by atoms with van der Waals surface area (Å²) in [6.45, 7) is 4.33. The SMILES string of the molecule is CCCCc1ccc(OCc2ccc(-c3ccc(-c4ccc(CC)cc4)c(F)c3F)cc2)c(F)c1. The summed E-state index contributed by atoms with van der Waals surface area (Å²) in [5.41, 5.74) is 4.53. The molecule has 0 saturated carbocycles. The minimum Gasteiger partial charge on any atom is -0.486 e. The van der Waals surface area contributed by atoms with Gasteiger partial charge < -0.3 is 4.74 Å². The lowest BCUT2D eigenvalue weighted by Gasteiger charge is -2.11. The van der Waals surface area contributed by atoms with Gasteiger partial charge in [0.2, 0.25) is 0 Å². The number of aryl methyl sites for hydroxylation is 2. The van der Waals surface area contributed by atoms with Gasteiger partial charge in [-0.2, -0.15) is 0 Å². The first-order valence-corrected chi connectivity index (χ1v) is 12.1. The van der Waals surface area contributed by atoms with Crippen molar-refractivity contribution >= 4 is 0 Å². The lowest BCUT2D eigenvalue weighted by molar-refractivity contribution is 0.290. The highest BCUT2D eigenvalue weighted by Gasteiger charge is 2.16. The maximum Gasteiger partial charge on any atom is 0.167 e. The third kappa shape index (κ3) is 5.76. The van der Waals surface area contributed by atoms with Crippen LogP contribution in [0.4, 0.5) is 13.2 Å². The Kier molecular flexibility index (Phi) is 7.91. The van der Waals surface area contributed by atoms with Crippen LogP contribution >= 0.6 is 0 Å². The third-order valence-electron chi connectivity index (χ3n) is 6.23. The van der Waals surface area contributed by atoms with E-state index in [0.29, 0.717) is 11.1 Å². The van der Waals surface area contributed by atoms with Gasteiger partial charge in [0.1, 0.15) is 6.61 Å². The van der Waals surface area contributed by atoms with E-state index in [-0.39, 0.29) is 29.3 Å². The average Bonchev–Trinajstić information content (AvgIpc) is 2.89. The molecule has 180 valence electrons. The van der Waals surface area contributed by atoms with Crippen LogP contribution in [0.5, 0.6) is 5.75 Å². The first-order chi connectivity index (χ1) is 17.0. The van der Waals surface area contributed by atoms with Crippen LogP contribution in [0.3, 0.4) is 0 Å². The number of rotatable bonds is 9. The number of hydrogen-bond acceptors (Lipinski definition) is 1. The van der Waals surface area contributed by atoms with Gasteiger partial charge in [0.05, 0.1) is 0 Å². The van der Waals surface area contributed by atoms with E-state index in [4.69, 9.17) is 4.74 Å². The Morgan fingerprint density at radius 2 is 1.17 bits per heavy atom. The number of ether oxygens (including phenoxy) is 1. The molecule has 4 heteroatoms. The molecular formula is C31H29F3O. The highest BCUT2D eigenvalue weighted by atomic mass is 19.2. The Morgan fingerprint density at radius 3 is 1.69 bits per heavy atom. The molecule has 0 amide bonds. The van der Waals surface area contributed by atoms with Crippen LogP contribution < -0.4 is 4.74 Å². The number of halogens is 3. The van der Waals surface area contributed by atoms with E-state index >= 15 is 0 Å². The Morgan fingerprint density at radius 1 is 0.629 bits per heavy atom. The molecule has 4 aromatic carbocycles. The van der Waals surface area contributed by atoms with Crippen LogP contribution in [0.2, 0.25) is 0 Å². The second-order valence-electron chi connectivity index (χ2n) is 8.69. The van der Waals surface area contributed by atoms with Gasteiger partial charge in [-0.05, 0) is 59.2 Å². The summed E-state index contributed by atoms with van der Waals surface area (Å²) in [5.74, 6) is -1.92. The summed E-state index contributed by atoms with van der Waals surface area (Å²) in [4.78, 5) is 0. The van der Waals surface area contributed by atoms with Crippen LogP contribution in [0.1, 0.15) is 43.4 Å². The van der Waals surface area contributed by atoms with Gasteiger partial charge in [-0.3, -0.25) is 0 Å². The molecule has 0 radical (unpaired) electrons. The topological polar surface area (TPSA) is 9.23 Å². The van der Waals surface area contributed by atoms with Gasteiger partial charge in [-0.1, -0.05) is 87.0 Å². The third-order valence-corrected chi connectivity index (χ3v) is 6.23. The molecule has 0 N–H and O–H groups in total. The van der Waals surface area contributed by atoms with E-state index in [1.807, 2.05) is 37.3 Å². The second kappa shape index (κ2) is 11.3. The first kappa shape index (κ1) is 24.6. The van der Waals surface area contributed by atoms with Gasteiger partial charge in [0.15, 0.2) is 23.2 Å². The summed E-state index contributed by atoms with van der Waals surface area (Å²) < 4.78 is 49.9. The van der Waals surface area contributed by atoms with Crippen LogP contribution in [-0.4, -0.2) is 0 Å². The van der Waals surface area contributed by atoms with Gasteiger partial charge >= 0.3 is 0 Å². The lowest BCUT2D eigenvalue weighted by atomic mass is 9.97. The van der Waals surface area contributed by atoms with Crippen molar-refractivity contribution in [3.63, 3.8) is 0 Å². The molecule has 0 saturated heterocycles. The monoisotopic (exact) mass is 474 g/mol. The van der Waals surface area contributed by atoms with Crippen LogP contribution in [0, 0.1) is 17.5 Å². The van der Waals surface area contributed by atoms with Crippen molar-refractivity contribution in [2.24, 2.45) is 0 Å². The molecule has 0 aromatic heterocycles. The molecule has 0 aliphatic rings. The number of hydrogen-bond donors (Lipinski definition) is 0. The molecule has 0 heterocycles. The van der Waals surface area contributed by atoms with Crippen molar-refractivity contribution in [2.75, 3.05) is 0 Å². The molecule has 0 unspecified atom stereocenters. The molecule has 0 fully saturated rings.